The van der Waals surface area contributed by atoms with E-state index in [1.54, 1.807) is 45.0 Å². The van der Waals surface area contributed by atoms with E-state index in [-0.39, 0.29) is 24.0 Å². The van der Waals surface area contributed by atoms with Crippen LogP contribution in [0.25, 0.3) is 11.0 Å². The number of nitrogens with one attached hydrogen (secondary N) is 1. The van der Waals surface area contributed by atoms with Gasteiger partial charge < -0.3 is 14.8 Å². The van der Waals surface area contributed by atoms with Gasteiger partial charge in [-0.05, 0) is 55.7 Å². The van der Waals surface area contributed by atoms with Crippen molar-refractivity contribution in [2.45, 2.75) is 46.0 Å². The number of methoxy groups -OCH3 is 2. The van der Waals surface area contributed by atoms with Crippen molar-refractivity contribution in [3.8, 4) is 11.5 Å². The zero-order valence-electron chi connectivity index (χ0n) is 19.5. The summed E-state index contributed by atoms with van der Waals surface area (Å²) in [6, 6.07) is 6.96. The number of carbonyl (C=O) groups is 1. The predicted molar refractivity (Wildman–Crippen MR) is 121 cm³/mol. The summed E-state index contributed by atoms with van der Waals surface area (Å²) in [4.78, 5) is 29.7. The smallest absolute Gasteiger partial charge is 0.438 e. The van der Waals surface area contributed by atoms with Crippen molar-refractivity contribution in [2.75, 3.05) is 14.2 Å². The Bertz CT molecular complexity index is 1290. The number of aryl methyl sites for hydroxylation is 2. The Balaban J connectivity index is 2.06. The molecule has 1 amide bonds. The van der Waals surface area contributed by atoms with Gasteiger partial charge in [0.05, 0.1) is 25.3 Å². The number of halogens is 3. The number of ether oxygens (including phenoxy) is 2. The summed E-state index contributed by atoms with van der Waals surface area (Å²) in [6.45, 7) is 5.19. The lowest BCUT2D eigenvalue weighted by Gasteiger charge is -2.22. The molecule has 0 aliphatic rings. The van der Waals surface area contributed by atoms with Crippen molar-refractivity contribution in [2.24, 2.45) is 0 Å². The number of benzene rings is 2. The minimum absolute atomic E-state index is 0.00176. The molecule has 0 saturated carbocycles. The fourth-order valence-corrected chi connectivity index (χ4v) is 3.74. The van der Waals surface area contributed by atoms with Gasteiger partial charge in [-0.3, -0.25) is 14.2 Å². The highest BCUT2D eigenvalue weighted by atomic mass is 19.4. The molecule has 3 rings (SSSR count). The number of aromatic nitrogens is 2. The second-order valence-electron chi connectivity index (χ2n) is 7.88. The van der Waals surface area contributed by atoms with Crippen LogP contribution in [0.1, 0.15) is 41.8 Å². The van der Waals surface area contributed by atoms with Crippen molar-refractivity contribution < 1.29 is 27.4 Å². The molecular formula is C24H26F3N3O4. The highest BCUT2D eigenvalue weighted by molar-refractivity contribution is 5.84. The molecule has 0 fully saturated rings. The maximum Gasteiger partial charge on any atom is 0.438 e. The lowest BCUT2D eigenvalue weighted by Crippen LogP contribution is -2.40. The average Bonchev–Trinajstić information content (AvgIpc) is 2.79. The molecule has 0 radical (unpaired) electrons. The summed E-state index contributed by atoms with van der Waals surface area (Å²) in [6.07, 6.45) is -4.87. The second kappa shape index (κ2) is 9.74. The van der Waals surface area contributed by atoms with E-state index in [9.17, 15) is 22.8 Å². The third-order valence-electron chi connectivity index (χ3n) is 5.72. The third kappa shape index (κ3) is 4.85. The Morgan fingerprint density at radius 1 is 1.12 bits per heavy atom. The van der Waals surface area contributed by atoms with E-state index in [4.69, 9.17) is 9.47 Å². The lowest BCUT2D eigenvalue weighted by atomic mass is 10.1. The third-order valence-corrected chi connectivity index (χ3v) is 5.72. The average molecular weight is 477 g/mol. The van der Waals surface area contributed by atoms with Crippen LogP contribution in [-0.4, -0.2) is 29.7 Å². The molecule has 0 aliphatic heterocycles. The van der Waals surface area contributed by atoms with E-state index in [2.05, 4.69) is 10.3 Å². The van der Waals surface area contributed by atoms with Gasteiger partial charge in [-0.2, -0.15) is 13.2 Å². The quantitative estimate of drug-likeness (QED) is 0.548. The summed E-state index contributed by atoms with van der Waals surface area (Å²) < 4.78 is 52.2. The van der Waals surface area contributed by atoms with Gasteiger partial charge in [-0.1, -0.05) is 6.92 Å². The van der Waals surface area contributed by atoms with Gasteiger partial charge in [0.15, 0.2) is 0 Å². The number of fused-ring (bicyclic) bond motifs is 1. The fourth-order valence-electron chi connectivity index (χ4n) is 3.74. The normalized spacial score (nSPS) is 12.5. The molecule has 1 atom stereocenters. The molecule has 34 heavy (non-hydrogen) atoms. The summed E-state index contributed by atoms with van der Waals surface area (Å²) in [5.41, 5.74) is -0.606. The standard InChI is InChI=1S/C24H26F3N3O4/c1-6-18(22(31)28-12-15-7-8-16(33-4)11-20(15)34-5)30-19-10-14(3)13(2)9-17(19)29-21(23(30)32)24(25,26)27/h7-11,18H,6,12H2,1-5H3,(H,28,31)/t18-/m1/s1. The van der Waals surface area contributed by atoms with Crippen molar-refractivity contribution in [1.29, 1.82) is 0 Å². The van der Waals surface area contributed by atoms with Gasteiger partial charge in [0, 0.05) is 18.2 Å². The van der Waals surface area contributed by atoms with Gasteiger partial charge >= 0.3 is 6.18 Å². The molecule has 0 aliphatic carbocycles. The zero-order valence-corrected chi connectivity index (χ0v) is 19.5. The van der Waals surface area contributed by atoms with Crippen molar-refractivity contribution in [3.05, 3.63) is 63.1 Å². The lowest BCUT2D eigenvalue weighted by molar-refractivity contribution is -0.142. The largest absolute Gasteiger partial charge is 0.497 e. The molecular weight excluding hydrogens is 451 g/mol. The maximum atomic E-state index is 13.6. The zero-order chi connectivity index (χ0) is 25.2. The Labute approximate surface area is 194 Å². The monoisotopic (exact) mass is 477 g/mol. The van der Waals surface area contributed by atoms with Gasteiger partial charge in [-0.25, -0.2) is 4.98 Å². The summed E-state index contributed by atoms with van der Waals surface area (Å²) >= 11 is 0. The van der Waals surface area contributed by atoms with Gasteiger partial charge in [0.25, 0.3) is 5.56 Å². The van der Waals surface area contributed by atoms with Gasteiger partial charge in [0.1, 0.15) is 17.5 Å². The van der Waals surface area contributed by atoms with Crippen molar-refractivity contribution in [3.63, 3.8) is 0 Å². The number of alkyl halides is 3. The molecule has 0 unspecified atom stereocenters. The first kappa shape index (κ1) is 25.1. The van der Waals surface area contributed by atoms with E-state index in [0.717, 1.165) is 15.7 Å². The van der Waals surface area contributed by atoms with Crippen LogP contribution in [0.2, 0.25) is 0 Å². The van der Waals surface area contributed by atoms with E-state index in [0.29, 0.717) is 17.1 Å². The molecule has 0 spiro atoms. The molecule has 0 bridgehead atoms. The molecule has 1 N–H and O–H groups in total. The molecule has 1 aromatic heterocycles. The molecule has 10 heteroatoms. The molecule has 0 saturated heterocycles. The SMILES string of the molecule is CC[C@H](C(=O)NCc1ccc(OC)cc1OC)n1c(=O)c(C(F)(F)F)nc2cc(C)c(C)cc21. The first-order chi connectivity index (χ1) is 16.0. The minimum atomic E-state index is -4.96. The first-order valence-corrected chi connectivity index (χ1v) is 10.6. The Kier molecular flexibility index (Phi) is 7.18. The van der Waals surface area contributed by atoms with Crippen LogP contribution >= 0.6 is 0 Å². The van der Waals surface area contributed by atoms with Crippen molar-refractivity contribution in [1.82, 2.24) is 14.9 Å². The molecule has 1 heterocycles. The van der Waals surface area contributed by atoms with Crippen LogP contribution in [0.15, 0.2) is 35.1 Å². The number of hydrogen-bond acceptors (Lipinski definition) is 5. The Hall–Kier alpha value is -3.56. The molecule has 7 nitrogen and oxygen atoms in total. The maximum absolute atomic E-state index is 13.6. The van der Waals surface area contributed by atoms with Crippen LogP contribution in [0, 0.1) is 13.8 Å². The fraction of sp³-hybridized carbons (Fsp3) is 0.375. The van der Waals surface area contributed by atoms with Crippen LogP contribution < -0.4 is 20.3 Å². The predicted octanol–water partition coefficient (Wildman–Crippen LogP) is 4.32. The number of nitrogens with zero attached hydrogens (tertiary/aromatic N) is 2. The number of hydrogen-bond donors (Lipinski definition) is 1. The topological polar surface area (TPSA) is 82.5 Å². The van der Waals surface area contributed by atoms with E-state index in [1.807, 2.05) is 0 Å². The van der Waals surface area contributed by atoms with E-state index >= 15 is 0 Å². The van der Waals surface area contributed by atoms with E-state index in [1.165, 1.54) is 20.3 Å². The number of amides is 1. The highest BCUT2D eigenvalue weighted by Crippen LogP contribution is 2.29. The van der Waals surface area contributed by atoms with Gasteiger partial charge in [0.2, 0.25) is 11.6 Å². The van der Waals surface area contributed by atoms with Gasteiger partial charge in [-0.15, -0.1) is 0 Å². The highest BCUT2D eigenvalue weighted by Gasteiger charge is 2.38. The first-order valence-electron chi connectivity index (χ1n) is 10.6. The number of rotatable bonds is 7. The molecule has 2 aromatic carbocycles. The molecule has 182 valence electrons. The van der Waals surface area contributed by atoms with Crippen LogP contribution in [0.5, 0.6) is 11.5 Å². The van der Waals surface area contributed by atoms with Crippen LogP contribution in [-0.2, 0) is 17.5 Å². The van der Waals surface area contributed by atoms with Crippen LogP contribution in [0.4, 0.5) is 13.2 Å². The number of carbonyl (C=O) groups excluding carboxylic acids is 1. The Morgan fingerprint density at radius 3 is 2.38 bits per heavy atom. The van der Waals surface area contributed by atoms with Crippen LogP contribution in [0.3, 0.4) is 0 Å². The Morgan fingerprint density at radius 2 is 1.79 bits per heavy atom. The summed E-state index contributed by atoms with van der Waals surface area (Å²) in [5, 5.41) is 2.72. The summed E-state index contributed by atoms with van der Waals surface area (Å²) in [7, 11) is 2.98. The minimum Gasteiger partial charge on any atom is -0.497 e. The second-order valence-corrected chi connectivity index (χ2v) is 7.88. The van der Waals surface area contributed by atoms with E-state index < -0.39 is 29.4 Å². The molecule has 3 aromatic rings. The summed E-state index contributed by atoms with van der Waals surface area (Å²) in [5.74, 6) is 0.449. The van der Waals surface area contributed by atoms with Crippen molar-refractivity contribution >= 4 is 16.9 Å².